The molecule has 206 valence electrons. The second kappa shape index (κ2) is 14.7. The molecule has 2 aromatic rings. The molecule has 0 bridgehead atoms. The minimum atomic E-state index is -1.26. The van der Waals surface area contributed by atoms with Crippen LogP contribution in [0.4, 0.5) is 0 Å². The van der Waals surface area contributed by atoms with E-state index < -0.39 is 54.5 Å². The number of aromatic hydroxyl groups is 1. The van der Waals surface area contributed by atoms with Gasteiger partial charge in [0.05, 0.1) is 6.61 Å². The third-order valence-corrected chi connectivity index (χ3v) is 6.24. The Morgan fingerprint density at radius 2 is 1.32 bits per heavy atom. The highest BCUT2D eigenvalue weighted by molar-refractivity contribution is 5.94. The van der Waals surface area contributed by atoms with E-state index >= 15 is 0 Å². The van der Waals surface area contributed by atoms with Crippen molar-refractivity contribution < 1.29 is 34.5 Å². The van der Waals surface area contributed by atoms with Crippen molar-refractivity contribution in [2.24, 2.45) is 11.7 Å². The van der Waals surface area contributed by atoms with E-state index in [-0.39, 0.29) is 24.5 Å². The van der Waals surface area contributed by atoms with E-state index in [0.717, 1.165) is 5.56 Å². The number of aliphatic hydroxyl groups excluding tert-OH is 1. The van der Waals surface area contributed by atoms with Crippen molar-refractivity contribution >= 4 is 23.7 Å². The number of carbonyl (C=O) groups excluding carboxylic acids is 3. The molecule has 11 heteroatoms. The van der Waals surface area contributed by atoms with Gasteiger partial charge in [-0.25, -0.2) is 4.79 Å². The van der Waals surface area contributed by atoms with E-state index in [1.54, 1.807) is 49.4 Å². The first-order chi connectivity index (χ1) is 18.0. The fourth-order valence-electron chi connectivity index (χ4n) is 3.71. The van der Waals surface area contributed by atoms with Crippen LogP contribution in [0.3, 0.4) is 0 Å². The summed E-state index contributed by atoms with van der Waals surface area (Å²) in [5.41, 5.74) is 6.94. The Bertz CT molecular complexity index is 1080. The van der Waals surface area contributed by atoms with Gasteiger partial charge >= 0.3 is 5.97 Å². The molecule has 5 atom stereocenters. The molecule has 0 radical (unpaired) electrons. The standard InChI is InChI=1S/C27H36N4O7/c1-3-16(2)23(27(37)38)31-26(36)22(13-17-7-5-4-6-8-17)30-25(35)21(29-24(34)20(28)15-32)14-18-9-11-19(33)12-10-18/h4-12,16,20-23,32-33H,3,13-15,28H2,1-2H3,(H,29,34)(H,30,35)(H,31,36)(H,37,38). The van der Waals surface area contributed by atoms with Crippen molar-refractivity contribution in [2.45, 2.75) is 57.3 Å². The molecule has 38 heavy (non-hydrogen) atoms. The van der Waals surface area contributed by atoms with Gasteiger partial charge in [0.2, 0.25) is 17.7 Å². The Kier molecular flexibility index (Phi) is 11.7. The van der Waals surface area contributed by atoms with Crippen LogP contribution in [0.5, 0.6) is 5.75 Å². The van der Waals surface area contributed by atoms with E-state index in [0.29, 0.717) is 12.0 Å². The van der Waals surface area contributed by atoms with Gasteiger partial charge in [-0.15, -0.1) is 0 Å². The summed E-state index contributed by atoms with van der Waals surface area (Å²) in [6.07, 6.45) is 0.584. The van der Waals surface area contributed by atoms with Gasteiger partial charge in [-0.2, -0.15) is 0 Å². The van der Waals surface area contributed by atoms with Crippen LogP contribution in [-0.2, 0) is 32.0 Å². The maximum atomic E-state index is 13.4. The lowest BCUT2D eigenvalue weighted by Crippen LogP contribution is -2.59. The number of phenols is 1. The molecule has 0 heterocycles. The Morgan fingerprint density at radius 3 is 1.82 bits per heavy atom. The van der Waals surface area contributed by atoms with Crippen LogP contribution in [0.2, 0.25) is 0 Å². The third kappa shape index (κ3) is 9.16. The fourth-order valence-corrected chi connectivity index (χ4v) is 3.71. The minimum absolute atomic E-state index is 0.000295. The first kappa shape index (κ1) is 30.3. The molecule has 0 aromatic heterocycles. The summed E-state index contributed by atoms with van der Waals surface area (Å²) in [7, 11) is 0. The van der Waals surface area contributed by atoms with Crippen LogP contribution in [0, 0.1) is 5.92 Å². The number of carbonyl (C=O) groups is 4. The first-order valence-electron chi connectivity index (χ1n) is 12.4. The lowest BCUT2D eigenvalue weighted by atomic mass is 9.97. The quantitative estimate of drug-likeness (QED) is 0.179. The molecule has 5 unspecified atom stereocenters. The molecule has 2 rings (SSSR count). The molecular weight excluding hydrogens is 492 g/mol. The Hall–Kier alpha value is -3.96. The number of phenolic OH excluding ortho intramolecular Hbond substituents is 1. The van der Waals surface area contributed by atoms with Crippen molar-refractivity contribution in [1.29, 1.82) is 0 Å². The van der Waals surface area contributed by atoms with Crippen LogP contribution >= 0.6 is 0 Å². The number of aliphatic carboxylic acids is 1. The molecule has 0 saturated heterocycles. The third-order valence-electron chi connectivity index (χ3n) is 6.24. The molecule has 0 spiro atoms. The van der Waals surface area contributed by atoms with Gasteiger partial charge < -0.3 is 37.0 Å². The molecule has 0 saturated carbocycles. The van der Waals surface area contributed by atoms with Gasteiger partial charge in [-0.05, 0) is 29.2 Å². The van der Waals surface area contributed by atoms with E-state index in [2.05, 4.69) is 16.0 Å². The highest BCUT2D eigenvalue weighted by Crippen LogP contribution is 2.13. The van der Waals surface area contributed by atoms with E-state index in [1.807, 2.05) is 6.92 Å². The Balaban J connectivity index is 2.32. The van der Waals surface area contributed by atoms with Crippen LogP contribution in [0.15, 0.2) is 54.6 Å². The van der Waals surface area contributed by atoms with Gasteiger partial charge in [0.1, 0.15) is 29.9 Å². The molecule has 8 N–H and O–H groups in total. The zero-order valence-electron chi connectivity index (χ0n) is 21.5. The first-order valence-corrected chi connectivity index (χ1v) is 12.4. The number of aliphatic hydroxyl groups is 1. The maximum Gasteiger partial charge on any atom is 0.326 e. The summed E-state index contributed by atoms with van der Waals surface area (Å²) in [6.45, 7) is 2.88. The molecule has 0 aliphatic rings. The van der Waals surface area contributed by atoms with Crippen LogP contribution < -0.4 is 21.7 Å². The predicted octanol–water partition coefficient (Wildman–Crippen LogP) is 0.0821. The minimum Gasteiger partial charge on any atom is -0.508 e. The number of rotatable bonds is 14. The van der Waals surface area contributed by atoms with Crippen LogP contribution in [0.25, 0.3) is 0 Å². The number of hydrogen-bond acceptors (Lipinski definition) is 7. The number of benzene rings is 2. The number of carboxylic acid groups (broad SMARTS) is 1. The number of nitrogens with two attached hydrogens (primary N) is 1. The topological polar surface area (TPSA) is 191 Å². The highest BCUT2D eigenvalue weighted by Gasteiger charge is 2.32. The SMILES string of the molecule is CCC(C)C(NC(=O)C(Cc1ccccc1)NC(=O)C(Cc1ccc(O)cc1)NC(=O)C(N)CO)C(=O)O. The largest absolute Gasteiger partial charge is 0.508 e. The number of carboxylic acids is 1. The maximum absolute atomic E-state index is 13.4. The number of amides is 3. The van der Waals surface area contributed by atoms with Crippen LogP contribution in [0.1, 0.15) is 31.4 Å². The lowest BCUT2D eigenvalue weighted by molar-refractivity contribution is -0.143. The highest BCUT2D eigenvalue weighted by atomic mass is 16.4. The summed E-state index contributed by atoms with van der Waals surface area (Å²) in [4.78, 5) is 50.9. The van der Waals surface area contributed by atoms with E-state index in [4.69, 9.17) is 5.73 Å². The summed E-state index contributed by atoms with van der Waals surface area (Å²) < 4.78 is 0. The molecule has 0 aliphatic heterocycles. The van der Waals surface area contributed by atoms with Gasteiger partial charge in [-0.1, -0.05) is 62.7 Å². The summed E-state index contributed by atoms with van der Waals surface area (Å²) in [6, 6.07) is 10.1. The van der Waals surface area contributed by atoms with Gasteiger partial charge in [0.15, 0.2) is 0 Å². The van der Waals surface area contributed by atoms with Crippen molar-refractivity contribution in [3.63, 3.8) is 0 Å². The van der Waals surface area contributed by atoms with Crippen molar-refractivity contribution in [1.82, 2.24) is 16.0 Å². The molecule has 0 fully saturated rings. The molecule has 0 aliphatic carbocycles. The number of nitrogens with one attached hydrogen (secondary N) is 3. The molecule has 11 nitrogen and oxygen atoms in total. The van der Waals surface area contributed by atoms with Crippen molar-refractivity contribution in [3.8, 4) is 5.75 Å². The Labute approximate surface area is 221 Å². The molecule has 2 aromatic carbocycles. The zero-order chi connectivity index (χ0) is 28.2. The second-order valence-electron chi connectivity index (χ2n) is 9.18. The summed E-state index contributed by atoms with van der Waals surface area (Å²) in [5.74, 6) is -3.67. The van der Waals surface area contributed by atoms with Gasteiger partial charge in [-0.3, -0.25) is 14.4 Å². The van der Waals surface area contributed by atoms with Crippen molar-refractivity contribution in [3.05, 3.63) is 65.7 Å². The monoisotopic (exact) mass is 528 g/mol. The zero-order valence-corrected chi connectivity index (χ0v) is 21.5. The molecular formula is C27H36N4O7. The normalized spacial score (nSPS) is 14.8. The predicted molar refractivity (Wildman–Crippen MR) is 140 cm³/mol. The van der Waals surface area contributed by atoms with Crippen molar-refractivity contribution in [2.75, 3.05) is 6.61 Å². The average Bonchev–Trinajstić information content (AvgIpc) is 2.91. The Morgan fingerprint density at radius 1 is 0.816 bits per heavy atom. The average molecular weight is 529 g/mol. The van der Waals surface area contributed by atoms with Gasteiger partial charge in [0, 0.05) is 12.8 Å². The van der Waals surface area contributed by atoms with E-state index in [9.17, 15) is 34.5 Å². The second-order valence-corrected chi connectivity index (χ2v) is 9.18. The summed E-state index contributed by atoms with van der Waals surface area (Å²) >= 11 is 0. The summed E-state index contributed by atoms with van der Waals surface area (Å²) in [5, 5.41) is 36.1. The van der Waals surface area contributed by atoms with E-state index in [1.165, 1.54) is 12.1 Å². The van der Waals surface area contributed by atoms with Crippen LogP contribution in [-0.4, -0.2) is 69.8 Å². The lowest BCUT2D eigenvalue weighted by Gasteiger charge is -2.26. The number of hydrogen-bond donors (Lipinski definition) is 7. The smallest absolute Gasteiger partial charge is 0.326 e. The van der Waals surface area contributed by atoms with Gasteiger partial charge in [0.25, 0.3) is 0 Å². The fraction of sp³-hybridized carbons (Fsp3) is 0.407. The molecule has 3 amide bonds.